The van der Waals surface area contributed by atoms with E-state index in [0.29, 0.717) is 35.5 Å². The van der Waals surface area contributed by atoms with E-state index < -0.39 is 5.60 Å². The summed E-state index contributed by atoms with van der Waals surface area (Å²) in [5.41, 5.74) is 2.30. The summed E-state index contributed by atoms with van der Waals surface area (Å²) in [6, 6.07) is 5.87. The molecule has 4 heteroatoms. The number of rotatable bonds is 2. The molecule has 0 unspecified atom stereocenters. The zero-order valence-corrected chi connectivity index (χ0v) is 18.4. The molecule has 4 nitrogen and oxygen atoms in total. The van der Waals surface area contributed by atoms with Crippen molar-refractivity contribution in [1.82, 2.24) is 4.90 Å². The third kappa shape index (κ3) is 3.01. The number of ether oxygens (including phenoxy) is 1. The van der Waals surface area contributed by atoms with Crippen molar-refractivity contribution in [3.05, 3.63) is 53.4 Å². The quantitative estimate of drug-likeness (QED) is 0.549. The van der Waals surface area contributed by atoms with Crippen LogP contribution in [0.3, 0.4) is 0 Å². The van der Waals surface area contributed by atoms with E-state index >= 15 is 0 Å². The van der Waals surface area contributed by atoms with Gasteiger partial charge in [0.05, 0.1) is 5.57 Å². The number of carbonyl (C=O) groups is 1. The number of carbonyl (C=O) groups excluding carboxylic acids is 1. The van der Waals surface area contributed by atoms with Crippen LogP contribution in [0.25, 0.3) is 0 Å². The van der Waals surface area contributed by atoms with Crippen molar-refractivity contribution >= 4 is 5.97 Å². The second-order valence-corrected chi connectivity index (χ2v) is 10.1. The van der Waals surface area contributed by atoms with E-state index in [9.17, 15) is 9.90 Å². The summed E-state index contributed by atoms with van der Waals surface area (Å²) in [5, 5.41) is 9.90. The molecule has 1 aromatic rings. The average Bonchev–Trinajstić information content (AvgIpc) is 3.06. The van der Waals surface area contributed by atoms with Crippen molar-refractivity contribution in [2.75, 3.05) is 7.05 Å². The Bertz CT molecular complexity index is 1020. The van der Waals surface area contributed by atoms with Crippen LogP contribution in [0.2, 0.25) is 0 Å². The largest absolute Gasteiger partial charge is 0.508 e. The lowest BCUT2D eigenvalue weighted by Crippen LogP contribution is -2.52. The number of aryl methyl sites for hydroxylation is 1. The monoisotopic (exact) mass is 417 g/mol. The summed E-state index contributed by atoms with van der Waals surface area (Å²) in [7, 11) is 1.91. The van der Waals surface area contributed by atoms with Crippen molar-refractivity contribution in [2.24, 2.45) is 17.3 Å². The number of allylic oxidation sites excluding steroid dienone is 1. The van der Waals surface area contributed by atoms with Gasteiger partial charge in [-0.25, -0.2) is 4.79 Å². The molecule has 2 saturated carbocycles. The van der Waals surface area contributed by atoms with E-state index in [1.165, 1.54) is 11.1 Å². The Kier molecular flexibility index (Phi) is 4.70. The first kappa shape index (κ1) is 20.2. The Balaban J connectivity index is 1.42. The summed E-state index contributed by atoms with van der Waals surface area (Å²) < 4.78 is 6.24. The minimum absolute atomic E-state index is 0.204. The Hall–Kier alpha value is -2.67. The fraction of sp³-hybridized carbons (Fsp3) is 0.519. The molecule has 0 bridgehead atoms. The summed E-state index contributed by atoms with van der Waals surface area (Å²) >= 11 is 0. The highest BCUT2D eigenvalue weighted by Crippen LogP contribution is 2.65. The van der Waals surface area contributed by atoms with Gasteiger partial charge in [-0.2, -0.15) is 0 Å². The number of hydrogen-bond acceptors (Lipinski definition) is 4. The zero-order valence-electron chi connectivity index (χ0n) is 18.4. The van der Waals surface area contributed by atoms with Gasteiger partial charge in [-0.15, -0.1) is 6.42 Å². The molecule has 5 atom stereocenters. The van der Waals surface area contributed by atoms with Crippen molar-refractivity contribution in [1.29, 1.82) is 0 Å². The van der Waals surface area contributed by atoms with Crippen molar-refractivity contribution in [3.63, 3.8) is 0 Å². The van der Waals surface area contributed by atoms with Gasteiger partial charge in [0.2, 0.25) is 0 Å². The molecule has 3 aliphatic carbocycles. The lowest BCUT2D eigenvalue weighted by molar-refractivity contribution is -0.163. The number of hydrogen-bond donors (Lipinski definition) is 1. The lowest BCUT2D eigenvalue weighted by atomic mass is 9.53. The molecule has 1 N–H and O–H groups in total. The molecule has 0 spiro atoms. The Labute approximate surface area is 185 Å². The second kappa shape index (κ2) is 7.19. The highest BCUT2D eigenvalue weighted by molar-refractivity contribution is 5.89. The number of phenolic OH excluding ortho intramolecular Hbond substituents is 1. The first-order valence-electron chi connectivity index (χ1n) is 11.5. The van der Waals surface area contributed by atoms with Crippen LogP contribution in [0.1, 0.15) is 62.5 Å². The number of terminal acetylenes is 1. The minimum atomic E-state index is -0.838. The van der Waals surface area contributed by atoms with Crippen LogP contribution in [0.4, 0.5) is 0 Å². The minimum Gasteiger partial charge on any atom is -0.508 e. The van der Waals surface area contributed by atoms with Gasteiger partial charge >= 0.3 is 5.97 Å². The van der Waals surface area contributed by atoms with Crippen LogP contribution in [0.15, 0.2) is 42.2 Å². The van der Waals surface area contributed by atoms with Crippen molar-refractivity contribution in [3.8, 4) is 18.1 Å². The van der Waals surface area contributed by atoms with Crippen molar-refractivity contribution in [2.45, 2.75) is 63.4 Å². The highest BCUT2D eigenvalue weighted by Gasteiger charge is 2.63. The summed E-state index contributed by atoms with van der Waals surface area (Å²) in [5.74, 6) is 4.57. The number of phenols is 1. The molecule has 1 aromatic carbocycles. The SMILES string of the molecule is C#C[C@]1(OC(=O)C2=CN(C)C=CC2)CC[C@H]2[C@@H]3CCc4cc(O)ccc4[C@H]3CC[C@@]21C. The van der Waals surface area contributed by atoms with E-state index in [4.69, 9.17) is 11.2 Å². The van der Waals surface area contributed by atoms with Crippen LogP contribution < -0.4 is 0 Å². The molecule has 0 aromatic heterocycles. The first-order valence-corrected chi connectivity index (χ1v) is 11.5. The maximum Gasteiger partial charge on any atom is 0.337 e. The molecule has 4 aliphatic rings. The van der Waals surface area contributed by atoms with E-state index in [2.05, 4.69) is 18.9 Å². The highest BCUT2D eigenvalue weighted by atomic mass is 16.6. The third-order valence-corrected chi connectivity index (χ3v) is 8.63. The number of nitrogens with zero attached hydrogens (tertiary/aromatic N) is 1. The molecule has 0 radical (unpaired) electrons. The van der Waals surface area contributed by atoms with Crippen LogP contribution >= 0.6 is 0 Å². The van der Waals surface area contributed by atoms with E-state index in [1.807, 2.05) is 42.6 Å². The number of benzene rings is 1. The first-order chi connectivity index (χ1) is 14.9. The molecule has 5 rings (SSSR count). The van der Waals surface area contributed by atoms with Gasteiger partial charge in [-0.05, 0) is 85.7 Å². The molecule has 0 amide bonds. The van der Waals surface area contributed by atoms with Crippen LogP contribution in [0, 0.1) is 29.6 Å². The lowest BCUT2D eigenvalue weighted by Gasteiger charge is -2.52. The maximum atomic E-state index is 13.1. The molecule has 0 saturated heterocycles. The topological polar surface area (TPSA) is 49.8 Å². The normalized spacial score (nSPS) is 36.0. The Morgan fingerprint density at radius 2 is 2.13 bits per heavy atom. The Morgan fingerprint density at radius 1 is 1.29 bits per heavy atom. The summed E-state index contributed by atoms with van der Waals surface area (Å²) in [4.78, 5) is 15.0. The molecular weight excluding hydrogens is 386 g/mol. The fourth-order valence-electron chi connectivity index (χ4n) is 7.05. The fourth-order valence-corrected chi connectivity index (χ4v) is 7.05. The predicted octanol–water partition coefficient (Wildman–Crippen LogP) is 4.90. The molecule has 31 heavy (non-hydrogen) atoms. The molecule has 1 heterocycles. The molecule has 1 aliphatic heterocycles. The molecule has 2 fully saturated rings. The number of aromatic hydroxyl groups is 1. The summed E-state index contributed by atoms with van der Waals surface area (Å²) in [6.07, 6.45) is 18.3. The average molecular weight is 418 g/mol. The van der Waals surface area contributed by atoms with Gasteiger partial charge in [-0.1, -0.05) is 25.0 Å². The predicted molar refractivity (Wildman–Crippen MR) is 120 cm³/mol. The number of esters is 1. The molecule has 162 valence electrons. The van der Waals surface area contributed by atoms with Crippen LogP contribution in [-0.2, 0) is 16.0 Å². The standard InChI is InChI=1S/C27H31NO3/c1-4-27(31-25(30)19-6-5-15-28(3)17-19)14-12-24-23-9-7-18-16-20(29)8-10-21(18)22(23)11-13-26(24,27)2/h1,5,8,10,15-17,22-24,29H,6-7,9,11-14H2,2-3H3/t22-,23-,24+,26+,27+/m1/s1. The zero-order chi connectivity index (χ0) is 21.8. The van der Waals surface area contributed by atoms with Crippen molar-refractivity contribution < 1.29 is 14.6 Å². The maximum absolute atomic E-state index is 13.1. The van der Waals surface area contributed by atoms with E-state index in [0.717, 1.165) is 38.5 Å². The van der Waals surface area contributed by atoms with Gasteiger partial charge in [0, 0.05) is 25.1 Å². The van der Waals surface area contributed by atoms with Gasteiger partial charge in [0.25, 0.3) is 0 Å². The van der Waals surface area contributed by atoms with Crippen LogP contribution in [-0.4, -0.2) is 28.6 Å². The van der Waals surface area contributed by atoms with Gasteiger partial charge in [0.15, 0.2) is 5.60 Å². The molecular formula is C27H31NO3. The van der Waals surface area contributed by atoms with E-state index in [1.54, 1.807) is 0 Å². The van der Waals surface area contributed by atoms with Gasteiger partial charge < -0.3 is 14.7 Å². The van der Waals surface area contributed by atoms with E-state index in [-0.39, 0.29) is 11.4 Å². The second-order valence-electron chi connectivity index (χ2n) is 10.1. The number of fused-ring (bicyclic) bond motifs is 5. The van der Waals surface area contributed by atoms with Crippen LogP contribution in [0.5, 0.6) is 5.75 Å². The van der Waals surface area contributed by atoms with Gasteiger partial charge in [-0.3, -0.25) is 0 Å². The smallest absolute Gasteiger partial charge is 0.337 e. The Morgan fingerprint density at radius 3 is 2.90 bits per heavy atom. The third-order valence-electron chi connectivity index (χ3n) is 8.63. The summed E-state index contributed by atoms with van der Waals surface area (Å²) in [6.45, 7) is 2.27. The van der Waals surface area contributed by atoms with Gasteiger partial charge in [0.1, 0.15) is 5.75 Å².